The quantitative estimate of drug-likeness (QED) is 0.616. The number of hydrogen-bond donors (Lipinski definition) is 2. The SMILES string of the molecule is COC(=O)c1sccc1NC(=S)Nc1cc(Cl)ccc1Cl. The number of rotatable bonds is 3. The van der Waals surface area contributed by atoms with Crippen LogP contribution in [0.1, 0.15) is 9.67 Å². The van der Waals surface area contributed by atoms with Crippen molar-refractivity contribution in [2.75, 3.05) is 17.7 Å². The fourth-order valence-electron chi connectivity index (χ4n) is 1.53. The fourth-order valence-corrected chi connectivity index (χ4v) is 2.85. The van der Waals surface area contributed by atoms with Crippen molar-refractivity contribution in [2.24, 2.45) is 0 Å². The van der Waals surface area contributed by atoms with Gasteiger partial charge in [0.1, 0.15) is 4.88 Å². The Kier molecular flexibility index (Phi) is 5.41. The zero-order chi connectivity index (χ0) is 15.4. The van der Waals surface area contributed by atoms with Gasteiger partial charge >= 0.3 is 5.97 Å². The Balaban J connectivity index is 2.10. The first-order chi connectivity index (χ1) is 10.0. The molecule has 1 heterocycles. The Morgan fingerprint density at radius 3 is 2.67 bits per heavy atom. The molecule has 0 fully saturated rings. The summed E-state index contributed by atoms with van der Waals surface area (Å²) >= 11 is 18.4. The number of nitrogens with one attached hydrogen (secondary N) is 2. The topological polar surface area (TPSA) is 50.4 Å². The molecular weight excluding hydrogens is 351 g/mol. The van der Waals surface area contributed by atoms with Crippen molar-refractivity contribution in [3.8, 4) is 0 Å². The Bertz CT molecular complexity index is 689. The van der Waals surface area contributed by atoms with E-state index in [2.05, 4.69) is 10.6 Å². The lowest BCUT2D eigenvalue weighted by Crippen LogP contribution is -2.20. The lowest BCUT2D eigenvalue weighted by molar-refractivity contribution is 0.0607. The highest BCUT2D eigenvalue weighted by atomic mass is 35.5. The number of methoxy groups -OCH3 is 1. The van der Waals surface area contributed by atoms with Gasteiger partial charge in [0.2, 0.25) is 0 Å². The summed E-state index contributed by atoms with van der Waals surface area (Å²) in [6, 6.07) is 6.75. The molecule has 110 valence electrons. The summed E-state index contributed by atoms with van der Waals surface area (Å²) in [6.07, 6.45) is 0. The number of carbonyl (C=O) groups is 1. The number of esters is 1. The maximum atomic E-state index is 11.6. The predicted octanol–water partition coefficient (Wildman–Crippen LogP) is 4.65. The van der Waals surface area contributed by atoms with Crippen LogP contribution in [0.2, 0.25) is 10.0 Å². The number of carbonyl (C=O) groups excluding carboxylic acids is 1. The van der Waals surface area contributed by atoms with E-state index in [1.165, 1.54) is 18.4 Å². The molecule has 21 heavy (non-hydrogen) atoms. The van der Waals surface area contributed by atoms with E-state index in [0.29, 0.717) is 31.4 Å². The van der Waals surface area contributed by atoms with Crippen molar-refractivity contribution < 1.29 is 9.53 Å². The Labute approximate surface area is 141 Å². The van der Waals surface area contributed by atoms with E-state index >= 15 is 0 Å². The van der Waals surface area contributed by atoms with Crippen molar-refractivity contribution in [1.82, 2.24) is 0 Å². The highest BCUT2D eigenvalue weighted by Crippen LogP contribution is 2.27. The second kappa shape index (κ2) is 7.09. The van der Waals surface area contributed by atoms with E-state index in [1.54, 1.807) is 29.6 Å². The number of halogens is 2. The van der Waals surface area contributed by atoms with Gasteiger partial charge in [0.15, 0.2) is 5.11 Å². The van der Waals surface area contributed by atoms with Crippen molar-refractivity contribution in [1.29, 1.82) is 0 Å². The van der Waals surface area contributed by atoms with Crippen LogP contribution in [-0.2, 0) is 4.74 Å². The normalized spacial score (nSPS) is 10.0. The molecule has 0 aliphatic heterocycles. The van der Waals surface area contributed by atoms with Gasteiger partial charge in [-0.15, -0.1) is 11.3 Å². The molecule has 0 saturated heterocycles. The monoisotopic (exact) mass is 360 g/mol. The molecule has 1 aromatic heterocycles. The summed E-state index contributed by atoms with van der Waals surface area (Å²) in [5, 5.41) is 8.95. The van der Waals surface area contributed by atoms with Crippen LogP contribution in [0.15, 0.2) is 29.6 Å². The second-order valence-corrected chi connectivity index (χ2v) is 6.03. The van der Waals surface area contributed by atoms with E-state index < -0.39 is 5.97 Å². The van der Waals surface area contributed by atoms with Gasteiger partial charge in [-0.05, 0) is 41.9 Å². The molecule has 0 bridgehead atoms. The van der Waals surface area contributed by atoms with Crippen LogP contribution in [0, 0.1) is 0 Å². The highest BCUT2D eigenvalue weighted by Gasteiger charge is 2.14. The molecule has 0 atom stereocenters. The molecule has 0 amide bonds. The maximum absolute atomic E-state index is 11.6. The maximum Gasteiger partial charge on any atom is 0.350 e. The third-order valence-electron chi connectivity index (χ3n) is 2.46. The number of thiophene rings is 1. The third kappa shape index (κ3) is 4.07. The highest BCUT2D eigenvalue weighted by molar-refractivity contribution is 7.80. The average Bonchev–Trinajstić information content (AvgIpc) is 2.90. The summed E-state index contributed by atoms with van der Waals surface area (Å²) in [5.74, 6) is -0.420. The van der Waals surface area contributed by atoms with Crippen molar-refractivity contribution >= 4 is 69.2 Å². The Hall–Kier alpha value is -1.34. The average molecular weight is 361 g/mol. The van der Waals surface area contributed by atoms with Gasteiger partial charge in [-0.1, -0.05) is 23.2 Å². The van der Waals surface area contributed by atoms with Crippen LogP contribution < -0.4 is 10.6 Å². The van der Waals surface area contributed by atoms with Crippen LogP contribution >= 0.6 is 46.8 Å². The minimum Gasteiger partial charge on any atom is -0.465 e. The molecule has 4 nitrogen and oxygen atoms in total. The molecule has 0 unspecified atom stereocenters. The van der Waals surface area contributed by atoms with Gasteiger partial charge in [-0.3, -0.25) is 0 Å². The van der Waals surface area contributed by atoms with Crippen LogP contribution in [0.3, 0.4) is 0 Å². The first-order valence-corrected chi connectivity index (χ1v) is 7.74. The molecule has 2 aromatic rings. The molecule has 0 aliphatic carbocycles. The lowest BCUT2D eigenvalue weighted by Gasteiger charge is -2.12. The van der Waals surface area contributed by atoms with Crippen LogP contribution in [0.4, 0.5) is 11.4 Å². The molecule has 1 aromatic carbocycles. The molecule has 2 rings (SSSR count). The van der Waals surface area contributed by atoms with Crippen LogP contribution in [0.5, 0.6) is 0 Å². The Morgan fingerprint density at radius 2 is 1.95 bits per heavy atom. The minimum atomic E-state index is -0.420. The number of anilines is 2. The van der Waals surface area contributed by atoms with Crippen molar-refractivity contribution in [2.45, 2.75) is 0 Å². The standard InChI is InChI=1S/C13H10Cl2N2O2S2/c1-19-12(18)11-9(4-5-21-11)16-13(20)17-10-6-7(14)2-3-8(10)15/h2-6H,1H3,(H2,16,17,20). The first kappa shape index (κ1) is 16.0. The van der Waals surface area contributed by atoms with Crippen LogP contribution in [-0.4, -0.2) is 18.2 Å². The predicted molar refractivity (Wildman–Crippen MR) is 92.0 cm³/mol. The number of benzene rings is 1. The van der Waals surface area contributed by atoms with Crippen molar-refractivity contribution in [3.63, 3.8) is 0 Å². The van der Waals surface area contributed by atoms with Gasteiger partial charge in [0, 0.05) is 5.02 Å². The number of hydrogen-bond acceptors (Lipinski definition) is 4. The summed E-state index contributed by atoms with van der Waals surface area (Å²) in [7, 11) is 1.33. The number of ether oxygens (including phenoxy) is 1. The summed E-state index contributed by atoms with van der Waals surface area (Å²) in [5.41, 5.74) is 1.15. The van der Waals surface area contributed by atoms with Crippen LogP contribution in [0.25, 0.3) is 0 Å². The zero-order valence-corrected chi connectivity index (χ0v) is 13.9. The zero-order valence-electron chi connectivity index (χ0n) is 10.8. The second-order valence-electron chi connectivity index (χ2n) is 3.86. The smallest absolute Gasteiger partial charge is 0.350 e. The molecule has 8 heteroatoms. The van der Waals surface area contributed by atoms with Gasteiger partial charge < -0.3 is 15.4 Å². The minimum absolute atomic E-state index is 0.294. The molecule has 0 saturated carbocycles. The third-order valence-corrected chi connectivity index (χ3v) is 4.12. The lowest BCUT2D eigenvalue weighted by atomic mass is 10.3. The largest absolute Gasteiger partial charge is 0.465 e. The molecule has 0 aliphatic rings. The number of thiocarbonyl (C=S) groups is 1. The summed E-state index contributed by atoms with van der Waals surface area (Å²) in [4.78, 5) is 12.0. The van der Waals surface area contributed by atoms with Gasteiger partial charge in [-0.25, -0.2) is 4.79 Å². The summed E-state index contributed by atoms with van der Waals surface area (Å²) < 4.78 is 4.70. The van der Waals surface area contributed by atoms with Crippen molar-refractivity contribution in [3.05, 3.63) is 44.6 Å². The molecular formula is C13H10Cl2N2O2S2. The van der Waals surface area contributed by atoms with E-state index in [-0.39, 0.29) is 0 Å². The van der Waals surface area contributed by atoms with E-state index in [0.717, 1.165) is 0 Å². The van der Waals surface area contributed by atoms with Gasteiger partial charge in [0.05, 0.1) is 23.5 Å². The van der Waals surface area contributed by atoms with E-state index in [9.17, 15) is 4.79 Å². The van der Waals surface area contributed by atoms with E-state index in [4.69, 9.17) is 40.2 Å². The molecule has 0 spiro atoms. The Morgan fingerprint density at radius 1 is 1.24 bits per heavy atom. The van der Waals surface area contributed by atoms with Gasteiger partial charge in [0.25, 0.3) is 0 Å². The van der Waals surface area contributed by atoms with Gasteiger partial charge in [-0.2, -0.15) is 0 Å². The summed E-state index contributed by atoms with van der Waals surface area (Å²) in [6.45, 7) is 0. The first-order valence-electron chi connectivity index (χ1n) is 5.70. The molecule has 2 N–H and O–H groups in total. The fraction of sp³-hybridized carbons (Fsp3) is 0.0769. The van der Waals surface area contributed by atoms with E-state index in [1.807, 2.05) is 0 Å². The molecule has 0 radical (unpaired) electrons.